The number of anilines is 1. The molecule has 0 aliphatic heterocycles. The van der Waals surface area contributed by atoms with Crippen LogP contribution in [0.3, 0.4) is 0 Å². The van der Waals surface area contributed by atoms with Crippen LogP contribution < -0.4 is 5.32 Å². The summed E-state index contributed by atoms with van der Waals surface area (Å²) in [6.45, 7) is 0.315. The van der Waals surface area contributed by atoms with Gasteiger partial charge < -0.3 is 5.32 Å². The van der Waals surface area contributed by atoms with Crippen LogP contribution in [0.15, 0.2) is 30.6 Å². The summed E-state index contributed by atoms with van der Waals surface area (Å²) in [4.78, 5) is 21.6. The minimum atomic E-state index is -0.572. The zero-order valence-corrected chi connectivity index (χ0v) is 9.83. The highest BCUT2D eigenvalue weighted by molar-refractivity contribution is 6.28. The molecule has 0 spiro atoms. The Morgan fingerprint density at radius 1 is 1.39 bits per heavy atom. The molecule has 8 heteroatoms. The molecule has 1 N–H and O–H groups in total. The van der Waals surface area contributed by atoms with E-state index in [4.69, 9.17) is 11.6 Å². The van der Waals surface area contributed by atoms with Crippen LogP contribution in [0.4, 0.5) is 11.5 Å². The number of halogens is 1. The van der Waals surface area contributed by atoms with E-state index in [1.807, 2.05) is 6.07 Å². The van der Waals surface area contributed by atoms with E-state index in [1.165, 1.54) is 0 Å². The fraction of sp³-hybridized carbons (Fsp3) is 0.100. The normalized spacial score (nSPS) is 10.1. The third-order valence-electron chi connectivity index (χ3n) is 2.10. The number of rotatable bonds is 4. The standard InChI is InChI=1S/C10H8ClN5O2/c11-10-14-6-8(16(17)18)9(15-10)13-5-7-3-1-2-4-12-7/h1-4,6H,5H2,(H,13,14,15). The fourth-order valence-electron chi connectivity index (χ4n) is 1.29. The van der Waals surface area contributed by atoms with Crippen LogP contribution in [-0.4, -0.2) is 19.9 Å². The third kappa shape index (κ3) is 2.89. The van der Waals surface area contributed by atoms with E-state index in [0.29, 0.717) is 6.54 Å². The van der Waals surface area contributed by atoms with Crippen LogP contribution in [0.2, 0.25) is 5.28 Å². The van der Waals surface area contributed by atoms with Crippen molar-refractivity contribution in [1.82, 2.24) is 15.0 Å². The Kier molecular flexibility index (Phi) is 3.63. The quantitative estimate of drug-likeness (QED) is 0.516. The number of nitrogens with zero attached hydrogens (tertiary/aromatic N) is 4. The van der Waals surface area contributed by atoms with Gasteiger partial charge in [-0.1, -0.05) is 6.07 Å². The van der Waals surface area contributed by atoms with Crippen LogP contribution in [-0.2, 0) is 6.54 Å². The smallest absolute Gasteiger partial charge is 0.329 e. The van der Waals surface area contributed by atoms with Gasteiger partial charge in [0.15, 0.2) is 0 Å². The van der Waals surface area contributed by atoms with E-state index < -0.39 is 4.92 Å². The topological polar surface area (TPSA) is 93.8 Å². The molecule has 0 aromatic carbocycles. The number of hydrogen-bond donors (Lipinski definition) is 1. The van der Waals surface area contributed by atoms with Gasteiger partial charge in [0.25, 0.3) is 0 Å². The monoisotopic (exact) mass is 265 g/mol. The highest BCUT2D eigenvalue weighted by atomic mass is 35.5. The van der Waals surface area contributed by atoms with Crippen molar-refractivity contribution in [2.75, 3.05) is 5.32 Å². The second kappa shape index (κ2) is 5.37. The van der Waals surface area contributed by atoms with Crippen molar-refractivity contribution in [2.24, 2.45) is 0 Å². The van der Waals surface area contributed by atoms with Gasteiger partial charge in [-0.15, -0.1) is 0 Å². The van der Waals surface area contributed by atoms with E-state index in [9.17, 15) is 10.1 Å². The highest BCUT2D eigenvalue weighted by Gasteiger charge is 2.16. The van der Waals surface area contributed by atoms with E-state index in [2.05, 4.69) is 20.3 Å². The first kappa shape index (κ1) is 12.2. The predicted molar refractivity (Wildman–Crippen MR) is 65.3 cm³/mol. The Labute approximate surface area is 107 Å². The van der Waals surface area contributed by atoms with Gasteiger partial charge in [-0.05, 0) is 23.7 Å². The van der Waals surface area contributed by atoms with Gasteiger partial charge >= 0.3 is 5.69 Å². The number of nitro groups is 1. The number of hydrogen-bond acceptors (Lipinski definition) is 6. The van der Waals surface area contributed by atoms with Crippen molar-refractivity contribution in [2.45, 2.75) is 6.54 Å². The second-order valence-corrected chi connectivity index (χ2v) is 3.64. The van der Waals surface area contributed by atoms with E-state index in [1.54, 1.807) is 18.3 Å². The lowest BCUT2D eigenvalue weighted by molar-refractivity contribution is -0.384. The van der Waals surface area contributed by atoms with Gasteiger partial charge in [0, 0.05) is 6.20 Å². The maximum atomic E-state index is 10.8. The molecule has 2 aromatic heterocycles. The van der Waals surface area contributed by atoms with Gasteiger partial charge in [-0.25, -0.2) is 4.98 Å². The van der Waals surface area contributed by atoms with Crippen LogP contribution >= 0.6 is 11.6 Å². The largest absolute Gasteiger partial charge is 0.359 e. The molecule has 0 bridgehead atoms. The minimum Gasteiger partial charge on any atom is -0.359 e. The lowest BCUT2D eigenvalue weighted by Crippen LogP contribution is -2.06. The Bertz CT molecular complexity index is 563. The van der Waals surface area contributed by atoms with Gasteiger partial charge in [0.2, 0.25) is 11.1 Å². The molecule has 0 aliphatic rings. The molecule has 2 rings (SSSR count). The molecule has 0 fully saturated rings. The molecule has 2 aromatic rings. The lowest BCUT2D eigenvalue weighted by Gasteiger charge is -2.05. The Morgan fingerprint density at radius 3 is 2.89 bits per heavy atom. The molecule has 18 heavy (non-hydrogen) atoms. The predicted octanol–water partition coefficient (Wildman–Crippen LogP) is 2.05. The average molecular weight is 266 g/mol. The first-order valence-corrected chi connectivity index (χ1v) is 5.35. The summed E-state index contributed by atoms with van der Waals surface area (Å²) in [6.07, 6.45) is 2.70. The molecule has 0 amide bonds. The second-order valence-electron chi connectivity index (χ2n) is 3.30. The van der Waals surface area contributed by atoms with Crippen LogP contribution in [0.25, 0.3) is 0 Å². The fourth-order valence-corrected chi connectivity index (χ4v) is 1.43. The Balaban J connectivity index is 2.18. The van der Waals surface area contributed by atoms with Crippen molar-refractivity contribution >= 4 is 23.1 Å². The van der Waals surface area contributed by atoms with Gasteiger partial charge in [-0.3, -0.25) is 15.1 Å². The Hall–Kier alpha value is -2.28. The summed E-state index contributed by atoms with van der Waals surface area (Å²) in [5.74, 6) is 0.0747. The van der Waals surface area contributed by atoms with E-state index >= 15 is 0 Å². The van der Waals surface area contributed by atoms with Crippen molar-refractivity contribution in [1.29, 1.82) is 0 Å². The van der Waals surface area contributed by atoms with Gasteiger partial charge in [0.1, 0.15) is 6.20 Å². The molecule has 92 valence electrons. The number of aromatic nitrogens is 3. The first-order valence-electron chi connectivity index (χ1n) is 4.97. The van der Waals surface area contributed by atoms with Crippen molar-refractivity contribution in [3.8, 4) is 0 Å². The van der Waals surface area contributed by atoms with Crippen LogP contribution in [0, 0.1) is 10.1 Å². The van der Waals surface area contributed by atoms with Gasteiger partial charge in [-0.2, -0.15) is 4.98 Å². The van der Waals surface area contributed by atoms with E-state index in [0.717, 1.165) is 11.9 Å². The maximum absolute atomic E-state index is 10.8. The molecule has 0 unspecified atom stereocenters. The molecule has 2 heterocycles. The summed E-state index contributed by atoms with van der Waals surface area (Å²) >= 11 is 5.60. The third-order valence-corrected chi connectivity index (χ3v) is 2.28. The van der Waals surface area contributed by atoms with Crippen molar-refractivity contribution in [3.63, 3.8) is 0 Å². The molecule has 7 nitrogen and oxygen atoms in total. The summed E-state index contributed by atoms with van der Waals surface area (Å²) in [5, 5.41) is 13.5. The first-order chi connectivity index (χ1) is 8.66. The minimum absolute atomic E-state index is 0.0517. The summed E-state index contributed by atoms with van der Waals surface area (Å²) in [6, 6.07) is 5.40. The Morgan fingerprint density at radius 2 is 2.22 bits per heavy atom. The van der Waals surface area contributed by atoms with E-state index in [-0.39, 0.29) is 16.8 Å². The number of pyridine rings is 1. The van der Waals surface area contributed by atoms with Crippen molar-refractivity contribution < 1.29 is 4.92 Å². The molecule has 0 radical (unpaired) electrons. The molecule has 0 saturated carbocycles. The summed E-state index contributed by atoms with van der Waals surface area (Å²) < 4.78 is 0. The van der Waals surface area contributed by atoms with Gasteiger partial charge in [0.05, 0.1) is 17.2 Å². The lowest BCUT2D eigenvalue weighted by atomic mass is 10.3. The molecule has 0 saturated heterocycles. The molecular formula is C10H8ClN5O2. The van der Waals surface area contributed by atoms with Crippen molar-refractivity contribution in [3.05, 3.63) is 51.7 Å². The summed E-state index contributed by atoms with van der Waals surface area (Å²) in [7, 11) is 0. The molecule has 0 atom stereocenters. The zero-order valence-electron chi connectivity index (χ0n) is 9.08. The van der Waals surface area contributed by atoms with Crippen LogP contribution in [0.5, 0.6) is 0 Å². The maximum Gasteiger partial charge on any atom is 0.329 e. The van der Waals surface area contributed by atoms with Crippen LogP contribution in [0.1, 0.15) is 5.69 Å². The highest BCUT2D eigenvalue weighted by Crippen LogP contribution is 2.22. The number of nitrogens with one attached hydrogen (secondary N) is 1. The zero-order chi connectivity index (χ0) is 13.0. The SMILES string of the molecule is O=[N+]([O-])c1cnc(Cl)nc1NCc1ccccn1. The molecular weight excluding hydrogens is 258 g/mol. The molecule has 0 aliphatic carbocycles. The average Bonchev–Trinajstić information content (AvgIpc) is 2.37. The summed E-state index contributed by atoms with van der Waals surface area (Å²) in [5.41, 5.74) is 0.511.